The third kappa shape index (κ3) is 6.45. The van der Waals surface area contributed by atoms with Gasteiger partial charge in [0.25, 0.3) is 0 Å². The molecule has 1 aliphatic heterocycles. The molecule has 0 radical (unpaired) electrons. The average Bonchev–Trinajstić information content (AvgIpc) is 3.33. The zero-order valence-electron chi connectivity index (χ0n) is 19.9. The number of methoxy groups -OCH3 is 1. The van der Waals surface area contributed by atoms with Gasteiger partial charge in [-0.3, -0.25) is 9.63 Å². The van der Waals surface area contributed by atoms with Crippen molar-refractivity contribution in [3.8, 4) is 0 Å². The Balaban J connectivity index is 1.26. The molecule has 1 amide bonds. The van der Waals surface area contributed by atoms with E-state index in [9.17, 15) is 4.79 Å². The van der Waals surface area contributed by atoms with Crippen molar-refractivity contribution in [2.75, 3.05) is 33.4 Å². The monoisotopic (exact) mass is 434 g/mol. The largest absolute Gasteiger partial charge is 0.381 e. The van der Waals surface area contributed by atoms with Crippen LogP contribution in [0, 0.1) is 29.6 Å². The molecule has 0 bridgehead atoms. The Kier molecular flexibility index (Phi) is 9.09. The quantitative estimate of drug-likeness (QED) is 0.587. The van der Waals surface area contributed by atoms with Crippen molar-refractivity contribution in [3.05, 3.63) is 0 Å². The number of carbonyl (C=O) groups excluding carboxylic acids is 1. The molecule has 31 heavy (non-hydrogen) atoms. The van der Waals surface area contributed by atoms with Gasteiger partial charge in [0.1, 0.15) is 0 Å². The first-order chi connectivity index (χ1) is 15.2. The van der Waals surface area contributed by atoms with E-state index < -0.39 is 0 Å². The maximum atomic E-state index is 12.9. The first kappa shape index (κ1) is 23.5. The molecule has 5 heteroatoms. The second-order valence-electron chi connectivity index (χ2n) is 10.8. The lowest BCUT2D eigenvalue weighted by Crippen LogP contribution is -2.45. The average molecular weight is 435 g/mol. The van der Waals surface area contributed by atoms with Crippen molar-refractivity contribution < 1.29 is 14.4 Å². The van der Waals surface area contributed by atoms with Crippen molar-refractivity contribution in [1.82, 2.24) is 10.4 Å². The standard InChI is InChI=1S/C26H46N2O3/c1-30-25-23(19-28-16-7-17-31-28)12-6-13-24(25)21-10-5-11-22(18-21)26(29)27-15-14-20-8-3-2-4-9-20/h20-25H,2-19H2,1H3,(H,27,29). The summed E-state index contributed by atoms with van der Waals surface area (Å²) >= 11 is 0. The summed E-state index contributed by atoms with van der Waals surface area (Å²) in [5, 5.41) is 5.48. The van der Waals surface area contributed by atoms with E-state index in [2.05, 4.69) is 10.4 Å². The van der Waals surface area contributed by atoms with Crippen LogP contribution in [0.1, 0.15) is 89.9 Å². The van der Waals surface area contributed by atoms with Crippen LogP contribution in [0.25, 0.3) is 0 Å². The molecule has 178 valence electrons. The van der Waals surface area contributed by atoms with Crippen LogP contribution in [0.15, 0.2) is 0 Å². The third-order valence-corrected chi connectivity index (χ3v) is 8.80. The number of ether oxygens (including phenoxy) is 1. The van der Waals surface area contributed by atoms with Crippen molar-refractivity contribution >= 4 is 5.91 Å². The van der Waals surface area contributed by atoms with Crippen LogP contribution < -0.4 is 5.32 Å². The summed E-state index contributed by atoms with van der Waals surface area (Å²) in [7, 11) is 1.90. The first-order valence-electron chi connectivity index (χ1n) is 13.4. The molecular formula is C26H46N2O3. The number of amides is 1. The molecule has 3 aliphatic carbocycles. The van der Waals surface area contributed by atoms with Crippen LogP contribution in [0.4, 0.5) is 0 Å². The molecule has 0 aromatic rings. The van der Waals surface area contributed by atoms with Crippen LogP contribution in [-0.4, -0.2) is 50.4 Å². The minimum atomic E-state index is 0.213. The van der Waals surface area contributed by atoms with E-state index in [1.54, 1.807) is 0 Å². The van der Waals surface area contributed by atoms with Crippen molar-refractivity contribution in [1.29, 1.82) is 0 Å². The Morgan fingerprint density at radius 1 is 1.00 bits per heavy atom. The Morgan fingerprint density at radius 2 is 1.84 bits per heavy atom. The van der Waals surface area contributed by atoms with E-state index in [1.807, 2.05) is 7.11 Å². The van der Waals surface area contributed by atoms with Crippen LogP contribution in [0.3, 0.4) is 0 Å². The fourth-order valence-corrected chi connectivity index (χ4v) is 7.14. The number of hydrogen-bond acceptors (Lipinski definition) is 4. The molecule has 5 atom stereocenters. The van der Waals surface area contributed by atoms with E-state index in [0.717, 1.165) is 51.4 Å². The number of nitrogens with one attached hydrogen (secondary N) is 1. The first-order valence-corrected chi connectivity index (χ1v) is 13.4. The summed E-state index contributed by atoms with van der Waals surface area (Å²) in [5.41, 5.74) is 0. The van der Waals surface area contributed by atoms with Gasteiger partial charge in [-0.05, 0) is 56.3 Å². The SMILES string of the molecule is COC1C(CN2CCCO2)CCCC1C1CCCC(C(=O)NCCC2CCCCC2)C1. The maximum absolute atomic E-state index is 12.9. The van der Waals surface area contributed by atoms with Gasteiger partial charge < -0.3 is 10.1 Å². The molecular weight excluding hydrogens is 388 g/mol. The van der Waals surface area contributed by atoms with Crippen molar-refractivity contribution in [3.63, 3.8) is 0 Å². The summed E-state index contributed by atoms with van der Waals surface area (Å²) < 4.78 is 6.12. The van der Waals surface area contributed by atoms with Gasteiger partial charge >= 0.3 is 0 Å². The van der Waals surface area contributed by atoms with Crippen molar-refractivity contribution in [2.45, 2.75) is 96.0 Å². The molecule has 4 aliphatic rings. The highest BCUT2D eigenvalue weighted by atomic mass is 16.7. The predicted octanol–water partition coefficient (Wildman–Crippen LogP) is 4.95. The van der Waals surface area contributed by atoms with Gasteiger partial charge in [0.05, 0.1) is 12.7 Å². The molecule has 0 aromatic heterocycles. The lowest BCUT2D eigenvalue weighted by atomic mass is 9.66. The Hall–Kier alpha value is -0.650. The van der Waals surface area contributed by atoms with Crippen LogP contribution >= 0.6 is 0 Å². The van der Waals surface area contributed by atoms with E-state index in [4.69, 9.17) is 9.57 Å². The van der Waals surface area contributed by atoms with Gasteiger partial charge in [-0.2, -0.15) is 5.06 Å². The lowest BCUT2D eigenvalue weighted by Gasteiger charge is -2.44. The minimum absolute atomic E-state index is 0.213. The summed E-state index contributed by atoms with van der Waals surface area (Å²) in [6.07, 6.45) is 17.9. The number of hydrogen-bond donors (Lipinski definition) is 1. The van der Waals surface area contributed by atoms with Gasteiger partial charge in [0.15, 0.2) is 0 Å². The normalized spacial score (nSPS) is 35.8. The van der Waals surface area contributed by atoms with Crippen LogP contribution in [0.5, 0.6) is 0 Å². The smallest absolute Gasteiger partial charge is 0.223 e. The van der Waals surface area contributed by atoms with Crippen LogP contribution in [0.2, 0.25) is 0 Å². The molecule has 1 N–H and O–H groups in total. The lowest BCUT2D eigenvalue weighted by molar-refractivity contribution is -0.144. The Morgan fingerprint density at radius 3 is 2.61 bits per heavy atom. The maximum Gasteiger partial charge on any atom is 0.223 e. The zero-order valence-corrected chi connectivity index (χ0v) is 19.9. The highest BCUT2D eigenvalue weighted by Crippen LogP contribution is 2.43. The van der Waals surface area contributed by atoms with Gasteiger partial charge in [-0.25, -0.2) is 0 Å². The van der Waals surface area contributed by atoms with E-state index >= 15 is 0 Å². The topological polar surface area (TPSA) is 50.8 Å². The van der Waals surface area contributed by atoms with Gasteiger partial charge in [-0.15, -0.1) is 0 Å². The molecule has 4 fully saturated rings. The summed E-state index contributed by atoms with van der Waals surface area (Å²) in [5.74, 6) is 3.18. The number of hydroxylamine groups is 2. The van der Waals surface area contributed by atoms with Crippen LogP contribution in [-0.2, 0) is 14.4 Å². The van der Waals surface area contributed by atoms with E-state index in [1.165, 1.54) is 70.6 Å². The molecule has 4 rings (SSSR count). The molecule has 0 spiro atoms. The van der Waals surface area contributed by atoms with E-state index in [0.29, 0.717) is 29.8 Å². The summed E-state index contributed by atoms with van der Waals surface area (Å²) in [6, 6.07) is 0. The zero-order chi connectivity index (χ0) is 21.5. The third-order valence-electron chi connectivity index (χ3n) is 8.80. The highest BCUT2D eigenvalue weighted by molar-refractivity contribution is 5.78. The van der Waals surface area contributed by atoms with E-state index in [-0.39, 0.29) is 5.92 Å². The predicted molar refractivity (Wildman–Crippen MR) is 123 cm³/mol. The molecule has 0 aromatic carbocycles. The highest BCUT2D eigenvalue weighted by Gasteiger charge is 2.41. The minimum Gasteiger partial charge on any atom is -0.381 e. The molecule has 5 unspecified atom stereocenters. The van der Waals surface area contributed by atoms with Gasteiger partial charge in [-0.1, -0.05) is 51.4 Å². The fourth-order valence-electron chi connectivity index (χ4n) is 7.14. The molecule has 3 saturated carbocycles. The molecule has 5 nitrogen and oxygen atoms in total. The second-order valence-corrected chi connectivity index (χ2v) is 10.8. The van der Waals surface area contributed by atoms with Gasteiger partial charge in [0, 0.05) is 38.6 Å². The summed E-state index contributed by atoms with van der Waals surface area (Å²) in [4.78, 5) is 18.7. The number of carbonyl (C=O) groups is 1. The second kappa shape index (κ2) is 12.0. The summed E-state index contributed by atoms with van der Waals surface area (Å²) in [6.45, 7) is 3.82. The molecule has 1 saturated heterocycles. The van der Waals surface area contributed by atoms with Gasteiger partial charge in [0.2, 0.25) is 5.91 Å². The fraction of sp³-hybridized carbons (Fsp3) is 0.962. The number of nitrogens with zero attached hydrogens (tertiary/aromatic N) is 1. The number of rotatable bonds is 8. The Labute approximate surface area is 189 Å². The molecule has 1 heterocycles. The Bertz CT molecular complexity index is 545. The van der Waals surface area contributed by atoms with Crippen molar-refractivity contribution in [2.24, 2.45) is 29.6 Å².